The van der Waals surface area contributed by atoms with Crippen LogP contribution in [0.15, 0.2) is 65.8 Å². The van der Waals surface area contributed by atoms with E-state index in [0.29, 0.717) is 17.9 Å². The molecule has 0 amide bonds. The van der Waals surface area contributed by atoms with Gasteiger partial charge < -0.3 is 10.1 Å². The lowest BCUT2D eigenvalue weighted by Gasteiger charge is -2.54. The smallest absolute Gasteiger partial charge is 0.0974 e. The van der Waals surface area contributed by atoms with Crippen LogP contribution in [0.2, 0.25) is 0 Å². The fourth-order valence-corrected chi connectivity index (χ4v) is 9.12. The molecule has 2 heterocycles. The molecule has 2 aromatic rings. The number of rotatable bonds is 2. The van der Waals surface area contributed by atoms with Gasteiger partial charge in [-0.2, -0.15) is 0 Å². The molecule has 1 N–H and O–H groups in total. The zero-order valence-electron chi connectivity index (χ0n) is 22.0. The maximum atomic E-state index is 7.48. The van der Waals surface area contributed by atoms with Crippen molar-refractivity contribution in [2.24, 2.45) is 11.3 Å². The lowest BCUT2D eigenvalue weighted by atomic mass is 9.58. The van der Waals surface area contributed by atoms with Crippen LogP contribution in [0, 0.1) is 11.3 Å². The predicted molar refractivity (Wildman–Crippen MR) is 145 cm³/mol. The van der Waals surface area contributed by atoms with Crippen molar-refractivity contribution in [1.82, 2.24) is 5.32 Å². The van der Waals surface area contributed by atoms with Crippen molar-refractivity contribution in [3.05, 3.63) is 71.3 Å². The Morgan fingerprint density at radius 1 is 0.971 bits per heavy atom. The second-order valence-corrected chi connectivity index (χ2v) is 13.6. The van der Waals surface area contributed by atoms with E-state index in [-0.39, 0.29) is 22.2 Å². The zero-order chi connectivity index (χ0) is 24.1. The summed E-state index contributed by atoms with van der Waals surface area (Å²) in [5, 5.41) is 6.64. The van der Waals surface area contributed by atoms with Gasteiger partial charge in [0.15, 0.2) is 0 Å². The molecule has 1 unspecified atom stereocenters. The summed E-state index contributed by atoms with van der Waals surface area (Å²) in [6, 6.07) is 16.6. The highest BCUT2D eigenvalue weighted by molar-refractivity contribution is 5.83. The average molecular weight is 468 g/mol. The van der Waals surface area contributed by atoms with Crippen LogP contribution in [0.3, 0.4) is 0 Å². The molecule has 2 nitrogen and oxygen atoms in total. The van der Waals surface area contributed by atoms with Crippen molar-refractivity contribution in [3.63, 3.8) is 0 Å². The van der Waals surface area contributed by atoms with Crippen molar-refractivity contribution >= 4 is 10.8 Å². The van der Waals surface area contributed by atoms with Crippen molar-refractivity contribution in [2.75, 3.05) is 0 Å². The first-order valence-corrected chi connectivity index (χ1v) is 14.1. The Morgan fingerprint density at radius 2 is 1.80 bits per heavy atom. The van der Waals surface area contributed by atoms with Gasteiger partial charge in [0.1, 0.15) is 0 Å². The van der Waals surface area contributed by atoms with E-state index < -0.39 is 0 Å². The Labute approximate surface area is 211 Å². The van der Waals surface area contributed by atoms with Gasteiger partial charge in [-0.05, 0) is 117 Å². The number of ether oxygens (including phenoxy) is 1. The molecule has 2 aliphatic heterocycles. The van der Waals surface area contributed by atoms with Crippen molar-refractivity contribution in [2.45, 2.75) is 108 Å². The molecule has 0 radical (unpaired) electrons. The third-order valence-electron chi connectivity index (χ3n) is 10.5. The Morgan fingerprint density at radius 3 is 2.63 bits per heavy atom. The van der Waals surface area contributed by atoms with Crippen LogP contribution in [0.4, 0.5) is 0 Å². The topological polar surface area (TPSA) is 21.3 Å². The van der Waals surface area contributed by atoms with E-state index in [0.717, 1.165) is 6.42 Å². The Balaban J connectivity index is 1.24. The van der Waals surface area contributed by atoms with Crippen LogP contribution >= 0.6 is 0 Å². The molecule has 3 aliphatic carbocycles. The summed E-state index contributed by atoms with van der Waals surface area (Å²) in [5.74, 6) is 1.22. The molecule has 0 aromatic heterocycles. The quantitative estimate of drug-likeness (QED) is 0.486. The highest BCUT2D eigenvalue weighted by Gasteiger charge is 2.66. The highest BCUT2D eigenvalue weighted by atomic mass is 16.5. The van der Waals surface area contributed by atoms with Crippen molar-refractivity contribution < 1.29 is 4.74 Å². The van der Waals surface area contributed by atoms with Crippen LogP contribution in [0.25, 0.3) is 10.8 Å². The first-order chi connectivity index (χ1) is 16.7. The van der Waals surface area contributed by atoms with Gasteiger partial charge in [-0.15, -0.1) is 0 Å². The third kappa shape index (κ3) is 3.22. The van der Waals surface area contributed by atoms with Crippen LogP contribution in [0.5, 0.6) is 0 Å². The van der Waals surface area contributed by atoms with E-state index in [2.05, 4.69) is 87.6 Å². The molecule has 2 spiro atoms. The predicted octanol–water partition coefficient (Wildman–Crippen LogP) is 7.84. The summed E-state index contributed by atoms with van der Waals surface area (Å²) < 4.78 is 7.48. The van der Waals surface area contributed by atoms with E-state index >= 15 is 0 Å². The Hall–Kier alpha value is -1.90. The molecule has 184 valence electrons. The second kappa shape index (κ2) is 7.33. The van der Waals surface area contributed by atoms with Gasteiger partial charge in [0.2, 0.25) is 0 Å². The van der Waals surface area contributed by atoms with Crippen LogP contribution in [-0.4, -0.2) is 22.8 Å². The van der Waals surface area contributed by atoms with E-state index in [4.69, 9.17) is 4.74 Å². The number of nitrogens with one attached hydrogen (secondary N) is 1. The molecule has 7 rings (SSSR count). The lowest BCUT2D eigenvalue weighted by Crippen LogP contribution is -2.56. The van der Waals surface area contributed by atoms with Crippen LogP contribution in [0.1, 0.15) is 90.5 Å². The van der Waals surface area contributed by atoms with Gasteiger partial charge in [-0.1, -0.05) is 61.5 Å². The molecule has 5 aliphatic rings. The fourth-order valence-electron chi connectivity index (χ4n) is 9.12. The van der Waals surface area contributed by atoms with E-state index in [1.54, 1.807) is 5.57 Å². The summed E-state index contributed by atoms with van der Waals surface area (Å²) in [6.45, 7) is 9.48. The minimum absolute atomic E-state index is 0.0300. The number of benzene rings is 2. The molecule has 2 heteroatoms. The standard InChI is InChI=1S/C33H41NO/c1-30(2,3)34-27-12-11-25-20-26-15-16-31(4)28(24-10-9-22-7-5-6-8-23(22)19-24)13-14-29(31)33(26)18-17-32(25,21-27)35-33/h5-10,15,19-20,27-29,34H,11-14,16-18,21H2,1-4H3/t27-,28-,29-,31-,32?,33-/m1/s1. The molecule has 6 atom stereocenters. The third-order valence-corrected chi connectivity index (χ3v) is 10.5. The average Bonchev–Trinajstić information content (AvgIpc) is 3.33. The number of hydrogen-bond donors (Lipinski definition) is 1. The van der Waals surface area contributed by atoms with Gasteiger partial charge in [0.05, 0.1) is 11.2 Å². The Kier molecular flexibility index (Phi) is 4.67. The normalized spacial score (nSPS) is 40.1. The van der Waals surface area contributed by atoms with Gasteiger partial charge in [-0.3, -0.25) is 0 Å². The molecule has 1 saturated heterocycles. The van der Waals surface area contributed by atoms with E-state index in [1.165, 1.54) is 66.9 Å². The van der Waals surface area contributed by atoms with Gasteiger partial charge in [0, 0.05) is 11.6 Å². The molecule has 2 aromatic carbocycles. The number of allylic oxidation sites excluding steroid dienone is 1. The first-order valence-electron chi connectivity index (χ1n) is 14.1. The summed E-state index contributed by atoms with van der Waals surface area (Å²) in [4.78, 5) is 0. The summed E-state index contributed by atoms with van der Waals surface area (Å²) in [7, 11) is 0. The highest BCUT2D eigenvalue weighted by Crippen LogP contribution is 2.69. The maximum Gasteiger partial charge on any atom is 0.0974 e. The Bertz CT molecular complexity index is 1250. The molecule has 35 heavy (non-hydrogen) atoms. The van der Waals surface area contributed by atoms with Gasteiger partial charge >= 0.3 is 0 Å². The lowest BCUT2D eigenvalue weighted by molar-refractivity contribution is -0.136. The maximum absolute atomic E-state index is 7.48. The van der Waals surface area contributed by atoms with Gasteiger partial charge in [0.25, 0.3) is 0 Å². The second-order valence-electron chi connectivity index (χ2n) is 13.6. The molecular weight excluding hydrogens is 426 g/mol. The summed E-state index contributed by atoms with van der Waals surface area (Å²) in [5.41, 5.74) is 4.99. The minimum atomic E-state index is -0.0638. The number of fused-ring (bicyclic) bond motifs is 2. The van der Waals surface area contributed by atoms with Crippen LogP contribution in [-0.2, 0) is 4.74 Å². The molecule has 3 fully saturated rings. The van der Waals surface area contributed by atoms with E-state index in [1.807, 2.05) is 0 Å². The fraction of sp³-hybridized carbons (Fsp3) is 0.576. The van der Waals surface area contributed by atoms with E-state index in [9.17, 15) is 0 Å². The first kappa shape index (κ1) is 22.3. The van der Waals surface area contributed by atoms with Crippen molar-refractivity contribution in [3.8, 4) is 0 Å². The summed E-state index contributed by atoms with van der Waals surface area (Å²) >= 11 is 0. The molecular formula is C33H41NO. The molecule has 2 saturated carbocycles. The zero-order valence-corrected chi connectivity index (χ0v) is 22.0. The minimum Gasteiger partial charge on any atom is -0.359 e. The van der Waals surface area contributed by atoms with Crippen molar-refractivity contribution in [1.29, 1.82) is 0 Å². The monoisotopic (exact) mass is 467 g/mol. The summed E-state index contributed by atoms with van der Waals surface area (Å²) in [6.07, 6.45) is 14.9. The van der Waals surface area contributed by atoms with Gasteiger partial charge in [-0.25, -0.2) is 0 Å². The largest absolute Gasteiger partial charge is 0.359 e. The van der Waals surface area contributed by atoms with Crippen LogP contribution < -0.4 is 5.32 Å². The number of hydrogen-bond acceptors (Lipinski definition) is 2. The SMILES string of the molecule is CC(C)(C)N[C@@H]1CCC2=CC3=CC[C@]4(C)[C@@H](c5ccc6ccccc6c5)CC[C@H]4[C@@]34CCC2(C1)O4. The molecule has 2 bridgehead atoms.